The monoisotopic (exact) mass is 330 g/mol. The van der Waals surface area contributed by atoms with Gasteiger partial charge in [0, 0.05) is 12.5 Å². The van der Waals surface area contributed by atoms with Gasteiger partial charge in [-0.1, -0.05) is 82.2 Å². The van der Waals surface area contributed by atoms with Crippen molar-refractivity contribution in [2.75, 3.05) is 13.2 Å². The highest BCUT2D eigenvalue weighted by Crippen LogP contribution is 2.46. The average molecular weight is 331 g/mol. The molecule has 1 aromatic carbocycles. The second-order valence-corrected chi connectivity index (χ2v) is 7.61. The first-order valence-corrected chi connectivity index (χ1v) is 10.2. The molecule has 2 fully saturated rings. The topological polar surface area (TPSA) is 18.5 Å². The van der Waals surface area contributed by atoms with Crippen molar-refractivity contribution in [1.82, 2.24) is 0 Å². The summed E-state index contributed by atoms with van der Waals surface area (Å²) in [6.07, 6.45) is 12.6. The molecule has 0 aromatic heterocycles. The van der Waals surface area contributed by atoms with Crippen LogP contribution in [-0.4, -0.2) is 19.3 Å². The summed E-state index contributed by atoms with van der Waals surface area (Å²) >= 11 is 0. The molecule has 0 spiro atoms. The molecule has 0 saturated carbocycles. The summed E-state index contributed by atoms with van der Waals surface area (Å²) in [4.78, 5) is 0. The first-order chi connectivity index (χ1) is 11.9. The Morgan fingerprint density at radius 2 is 1.67 bits per heavy atom. The predicted molar refractivity (Wildman–Crippen MR) is 99.1 cm³/mol. The molecule has 3 rings (SSSR count). The van der Waals surface area contributed by atoms with E-state index in [2.05, 4.69) is 37.3 Å². The number of rotatable bonds is 9. The second-order valence-electron chi connectivity index (χ2n) is 7.61. The molecule has 134 valence electrons. The van der Waals surface area contributed by atoms with Gasteiger partial charge in [0.05, 0.1) is 18.8 Å². The first kappa shape index (κ1) is 17.9. The van der Waals surface area contributed by atoms with Crippen molar-refractivity contribution in [3.63, 3.8) is 0 Å². The first-order valence-electron chi connectivity index (χ1n) is 10.2. The van der Waals surface area contributed by atoms with E-state index in [1.807, 2.05) is 0 Å². The molecule has 0 bridgehead atoms. The number of hydrogen-bond donors (Lipinski definition) is 0. The standard InChI is InChI=1S/C22H34O2/c1-2-3-4-5-6-7-11-14-20-21-19(15-16-23-20)17-24-22(21)18-12-9-8-10-13-18/h8-10,12-13,19-22H,2-7,11,14-17H2,1H3/t19-,20+,21-,22-/m0/s1. The van der Waals surface area contributed by atoms with Crippen molar-refractivity contribution in [2.45, 2.75) is 76.9 Å². The van der Waals surface area contributed by atoms with Gasteiger partial charge in [0.25, 0.3) is 0 Å². The van der Waals surface area contributed by atoms with Crippen molar-refractivity contribution >= 4 is 0 Å². The predicted octanol–water partition coefficient (Wildman–Crippen LogP) is 5.92. The quantitative estimate of drug-likeness (QED) is 0.523. The van der Waals surface area contributed by atoms with Crippen molar-refractivity contribution in [3.05, 3.63) is 35.9 Å². The Morgan fingerprint density at radius 1 is 0.917 bits per heavy atom. The summed E-state index contributed by atoms with van der Waals surface area (Å²) in [5, 5.41) is 0. The third-order valence-corrected chi connectivity index (χ3v) is 5.85. The summed E-state index contributed by atoms with van der Waals surface area (Å²) in [6.45, 7) is 4.12. The Labute approximate surface area is 147 Å². The van der Waals surface area contributed by atoms with E-state index in [-0.39, 0.29) is 6.10 Å². The maximum absolute atomic E-state index is 6.21. The van der Waals surface area contributed by atoms with Crippen molar-refractivity contribution in [2.24, 2.45) is 11.8 Å². The van der Waals surface area contributed by atoms with Gasteiger partial charge in [-0.2, -0.15) is 0 Å². The summed E-state index contributed by atoms with van der Waals surface area (Å²) < 4.78 is 12.4. The largest absolute Gasteiger partial charge is 0.378 e. The third-order valence-electron chi connectivity index (χ3n) is 5.85. The fraction of sp³-hybridized carbons (Fsp3) is 0.727. The minimum absolute atomic E-state index is 0.242. The molecule has 2 heteroatoms. The molecule has 0 aliphatic carbocycles. The van der Waals surface area contributed by atoms with Crippen LogP contribution in [0.2, 0.25) is 0 Å². The van der Waals surface area contributed by atoms with Gasteiger partial charge in [-0.05, 0) is 24.3 Å². The Hall–Kier alpha value is -0.860. The Kier molecular flexibility index (Phi) is 7.16. The van der Waals surface area contributed by atoms with Crippen LogP contribution in [0.3, 0.4) is 0 Å². The Morgan fingerprint density at radius 3 is 2.46 bits per heavy atom. The van der Waals surface area contributed by atoms with E-state index >= 15 is 0 Å². The van der Waals surface area contributed by atoms with Gasteiger partial charge in [0.1, 0.15) is 0 Å². The van der Waals surface area contributed by atoms with Crippen LogP contribution in [0.25, 0.3) is 0 Å². The van der Waals surface area contributed by atoms with Crippen LogP contribution < -0.4 is 0 Å². The van der Waals surface area contributed by atoms with Gasteiger partial charge < -0.3 is 9.47 Å². The molecular formula is C22H34O2. The van der Waals surface area contributed by atoms with Crippen LogP contribution in [0.5, 0.6) is 0 Å². The molecule has 0 amide bonds. The van der Waals surface area contributed by atoms with Crippen LogP contribution in [0.4, 0.5) is 0 Å². The SMILES string of the molecule is CCCCCCCCC[C@H]1OCC[C@H]2CO[C@@H](c3ccccc3)[C@@H]21. The van der Waals surface area contributed by atoms with Gasteiger partial charge >= 0.3 is 0 Å². The second kappa shape index (κ2) is 9.58. The average Bonchev–Trinajstić information content (AvgIpc) is 3.07. The van der Waals surface area contributed by atoms with E-state index in [4.69, 9.17) is 9.47 Å². The number of unbranched alkanes of at least 4 members (excludes halogenated alkanes) is 6. The molecule has 0 unspecified atom stereocenters. The molecular weight excluding hydrogens is 296 g/mol. The number of benzene rings is 1. The molecule has 2 aliphatic rings. The molecule has 0 radical (unpaired) electrons. The molecule has 4 atom stereocenters. The van der Waals surface area contributed by atoms with Crippen LogP contribution in [0.1, 0.15) is 76.4 Å². The number of hydrogen-bond acceptors (Lipinski definition) is 2. The fourth-order valence-corrected chi connectivity index (χ4v) is 4.49. The zero-order valence-corrected chi connectivity index (χ0v) is 15.3. The third kappa shape index (κ3) is 4.61. The van der Waals surface area contributed by atoms with E-state index < -0.39 is 0 Å². The van der Waals surface area contributed by atoms with E-state index in [9.17, 15) is 0 Å². The highest BCUT2D eigenvalue weighted by Gasteiger charge is 2.45. The van der Waals surface area contributed by atoms with Crippen LogP contribution in [-0.2, 0) is 9.47 Å². The summed E-state index contributed by atoms with van der Waals surface area (Å²) in [6, 6.07) is 10.8. The summed E-state index contributed by atoms with van der Waals surface area (Å²) in [7, 11) is 0. The van der Waals surface area contributed by atoms with Crippen molar-refractivity contribution < 1.29 is 9.47 Å². The highest BCUT2D eigenvalue weighted by molar-refractivity contribution is 5.20. The Balaban J connectivity index is 1.49. The van der Waals surface area contributed by atoms with Gasteiger partial charge in [0.2, 0.25) is 0 Å². The van der Waals surface area contributed by atoms with Crippen molar-refractivity contribution in [1.29, 1.82) is 0 Å². The lowest BCUT2D eigenvalue weighted by atomic mass is 9.78. The molecule has 2 saturated heterocycles. The van der Waals surface area contributed by atoms with Crippen LogP contribution >= 0.6 is 0 Å². The normalized spacial score (nSPS) is 29.5. The Bertz CT molecular complexity index is 458. The molecule has 2 aliphatic heterocycles. The maximum Gasteiger partial charge on any atom is 0.0881 e. The van der Waals surface area contributed by atoms with Gasteiger partial charge in [-0.25, -0.2) is 0 Å². The van der Waals surface area contributed by atoms with Crippen LogP contribution in [0, 0.1) is 11.8 Å². The molecule has 24 heavy (non-hydrogen) atoms. The molecule has 2 nitrogen and oxygen atoms in total. The minimum atomic E-state index is 0.242. The van der Waals surface area contributed by atoms with E-state index in [0.717, 1.165) is 13.2 Å². The molecule has 0 N–H and O–H groups in total. The lowest BCUT2D eigenvalue weighted by Crippen LogP contribution is -2.36. The van der Waals surface area contributed by atoms with E-state index in [0.29, 0.717) is 17.9 Å². The molecule has 2 heterocycles. The lowest BCUT2D eigenvalue weighted by molar-refractivity contribution is -0.0628. The minimum Gasteiger partial charge on any atom is -0.378 e. The smallest absolute Gasteiger partial charge is 0.0881 e. The summed E-state index contributed by atoms with van der Waals surface area (Å²) in [5.74, 6) is 1.25. The van der Waals surface area contributed by atoms with Gasteiger partial charge in [0.15, 0.2) is 0 Å². The fourth-order valence-electron chi connectivity index (χ4n) is 4.49. The van der Waals surface area contributed by atoms with E-state index in [1.54, 1.807) is 0 Å². The van der Waals surface area contributed by atoms with Crippen LogP contribution in [0.15, 0.2) is 30.3 Å². The molecule has 1 aromatic rings. The van der Waals surface area contributed by atoms with E-state index in [1.165, 1.54) is 63.4 Å². The highest BCUT2D eigenvalue weighted by atomic mass is 16.5. The number of ether oxygens (including phenoxy) is 2. The lowest BCUT2D eigenvalue weighted by Gasteiger charge is -2.36. The zero-order chi connectivity index (χ0) is 16.6. The number of fused-ring (bicyclic) bond motifs is 1. The maximum atomic E-state index is 6.21. The zero-order valence-electron chi connectivity index (χ0n) is 15.3. The van der Waals surface area contributed by atoms with Gasteiger partial charge in [-0.15, -0.1) is 0 Å². The summed E-state index contributed by atoms with van der Waals surface area (Å²) in [5.41, 5.74) is 1.33. The van der Waals surface area contributed by atoms with Crippen molar-refractivity contribution in [3.8, 4) is 0 Å². The van der Waals surface area contributed by atoms with Gasteiger partial charge in [-0.3, -0.25) is 0 Å².